The summed E-state index contributed by atoms with van der Waals surface area (Å²) in [6.45, 7) is 8.33. The Hall–Kier alpha value is -2.97. The second kappa shape index (κ2) is 15.7. The minimum atomic E-state index is -0.516. The van der Waals surface area contributed by atoms with Gasteiger partial charge < -0.3 is 29.9 Å². The highest BCUT2D eigenvalue weighted by molar-refractivity contribution is 6.30. The lowest BCUT2D eigenvalue weighted by atomic mass is 9.83. The number of likely N-dealkylation sites (tertiary alicyclic amines) is 2. The molecule has 0 bridgehead atoms. The molecule has 2 aromatic carbocycles. The number of ether oxygens (including phenoxy) is 2. The van der Waals surface area contributed by atoms with E-state index in [4.69, 9.17) is 21.1 Å². The van der Waals surface area contributed by atoms with Crippen LogP contribution in [0.4, 0.5) is 10.5 Å². The second-order valence-corrected chi connectivity index (χ2v) is 14.8. The van der Waals surface area contributed by atoms with E-state index in [1.54, 1.807) is 12.0 Å². The van der Waals surface area contributed by atoms with Gasteiger partial charge in [-0.2, -0.15) is 0 Å². The van der Waals surface area contributed by atoms with Crippen LogP contribution >= 0.6 is 11.6 Å². The molecular formula is C37H53ClN4O4. The third-order valence-corrected chi connectivity index (χ3v) is 9.96. The molecule has 0 spiro atoms. The number of anilines is 1. The van der Waals surface area contributed by atoms with Crippen molar-refractivity contribution in [2.45, 2.75) is 115 Å². The summed E-state index contributed by atoms with van der Waals surface area (Å²) in [7, 11) is 1.74. The van der Waals surface area contributed by atoms with E-state index < -0.39 is 5.60 Å². The predicted octanol–water partition coefficient (Wildman–Crippen LogP) is 7.40. The van der Waals surface area contributed by atoms with Crippen LogP contribution in [0.3, 0.4) is 0 Å². The van der Waals surface area contributed by atoms with Crippen molar-refractivity contribution in [1.29, 1.82) is 0 Å². The van der Waals surface area contributed by atoms with Crippen LogP contribution in [-0.4, -0.2) is 78.8 Å². The van der Waals surface area contributed by atoms with Crippen LogP contribution in [0.2, 0.25) is 5.02 Å². The summed E-state index contributed by atoms with van der Waals surface area (Å²) in [5, 5.41) is 8.25. The number of nitrogens with one attached hydrogen (secondary N) is 2. The van der Waals surface area contributed by atoms with Gasteiger partial charge in [0.05, 0.1) is 13.2 Å². The summed E-state index contributed by atoms with van der Waals surface area (Å²) in [6.07, 6.45) is 10.1. The van der Waals surface area contributed by atoms with Crippen molar-refractivity contribution in [1.82, 2.24) is 15.1 Å². The van der Waals surface area contributed by atoms with Crippen LogP contribution in [0.5, 0.6) is 5.75 Å². The largest absolute Gasteiger partial charge is 0.497 e. The first-order valence-electron chi connectivity index (χ1n) is 17.3. The molecule has 0 unspecified atom stereocenters. The molecule has 5 rings (SSSR count). The van der Waals surface area contributed by atoms with Crippen molar-refractivity contribution in [3.05, 3.63) is 58.6 Å². The van der Waals surface area contributed by atoms with Gasteiger partial charge in [0.25, 0.3) is 0 Å². The predicted molar refractivity (Wildman–Crippen MR) is 185 cm³/mol. The standard InChI is InChI=1S/C37H53ClN4O4/c1-37(2,3)46-36(44)42-22-18-30(19-23-42)40-34(24-26-10-12-28(38)13-11-26)35(43)41-20-16-29(17-21-41)39-33-15-14-31(45-4)25-32(33)27-8-6-5-7-9-27/h10-15,25,27,29-30,34,39-40H,5-9,16-24H2,1-4H3/t34-/m1/s1. The van der Waals surface area contributed by atoms with Gasteiger partial charge in [0.2, 0.25) is 5.91 Å². The van der Waals surface area contributed by atoms with E-state index in [1.165, 1.54) is 43.4 Å². The first kappa shape index (κ1) is 34.4. The zero-order chi connectivity index (χ0) is 32.7. The number of hydrogen-bond donors (Lipinski definition) is 2. The number of carbonyl (C=O) groups excluding carboxylic acids is 2. The number of methoxy groups -OCH3 is 1. The van der Waals surface area contributed by atoms with Crippen LogP contribution in [0.25, 0.3) is 0 Å². The summed E-state index contributed by atoms with van der Waals surface area (Å²) in [6, 6.07) is 14.4. The maximum atomic E-state index is 14.1. The number of piperidine rings is 2. The molecule has 9 heteroatoms. The van der Waals surface area contributed by atoms with E-state index in [1.807, 2.05) is 49.9 Å². The van der Waals surface area contributed by atoms with Crippen LogP contribution in [0.1, 0.15) is 95.6 Å². The fourth-order valence-electron chi connectivity index (χ4n) is 7.15. The van der Waals surface area contributed by atoms with Crippen molar-refractivity contribution in [2.24, 2.45) is 0 Å². The fraction of sp³-hybridized carbons (Fsp3) is 0.622. The quantitative estimate of drug-likeness (QED) is 0.294. The maximum absolute atomic E-state index is 14.1. The molecule has 2 saturated heterocycles. The smallest absolute Gasteiger partial charge is 0.410 e. The number of rotatable bonds is 9. The van der Waals surface area contributed by atoms with E-state index in [0.717, 1.165) is 50.1 Å². The van der Waals surface area contributed by atoms with E-state index in [0.29, 0.717) is 36.5 Å². The molecule has 2 N–H and O–H groups in total. The van der Waals surface area contributed by atoms with Crippen LogP contribution < -0.4 is 15.4 Å². The highest BCUT2D eigenvalue weighted by Crippen LogP contribution is 2.39. The molecule has 1 aliphatic carbocycles. The molecule has 252 valence electrons. The van der Waals surface area contributed by atoms with Crippen molar-refractivity contribution in [2.75, 3.05) is 38.6 Å². The Bertz CT molecular complexity index is 1290. The lowest BCUT2D eigenvalue weighted by Crippen LogP contribution is -2.55. The van der Waals surface area contributed by atoms with Gasteiger partial charge in [0, 0.05) is 49.0 Å². The molecule has 1 atom stereocenters. The number of hydrogen-bond acceptors (Lipinski definition) is 6. The first-order valence-corrected chi connectivity index (χ1v) is 17.7. The number of nitrogens with zero attached hydrogens (tertiary/aromatic N) is 2. The minimum Gasteiger partial charge on any atom is -0.497 e. The summed E-state index contributed by atoms with van der Waals surface area (Å²) in [5.74, 6) is 1.64. The van der Waals surface area contributed by atoms with Crippen molar-refractivity contribution in [3.63, 3.8) is 0 Å². The molecular weight excluding hydrogens is 600 g/mol. The maximum Gasteiger partial charge on any atom is 0.410 e. The zero-order valence-electron chi connectivity index (χ0n) is 28.2. The van der Waals surface area contributed by atoms with Crippen LogP contribution in [0, 0.1) is 0 Å². The van der Waals surface area contributed by atoms with E-state index in [9.17, 15) is 9.59 Å². The van der Waals surface area contributed by atoms with E-state index in [-0.39, 0.29) is 24.1 Å². The first-order chi connectivity index (χ1) is 22.1. The minimum absolute atomic E-state index is 0.146. The highest BCUT2D eigenvalue weighted by atomic mass is 35.5. The fourth-order valence-corrected chi connectivity index (χ4v) is 7.27. The van der Waals surface area contributed by atoms with Gasteiger partial charge in [-0.15, -0.1) is 0 Å². The Morgan fingerprint density at radius 2 is 1.50 bits per heavy atom. The third kappa shape index (κ3) is 9.54. The molecule has 46 heavy (non-hydrogen) atoms. The van der Waals surface area contributed by atoms with Crippen molar-refractivity contribution >= 4 is 29.3 Å². The van der Waals surface area contributed by atoms with Crippen molar-refractivity contribution in [3.8, 4) is 5.75 Å². The number of halogens is 1. The normalized spacial score (nSPS) is 19.5. The van der Waals surface area contributed by atoms with Gasteiger partial charge in [-0.1, -0.05) is 43.0 Å². The van der Waals surface area contributed by atoms with Crippen molar-refractivity contribution < 1.29 is 19.1 Å². The van der Waals surface area contributed by atoms with Crippen LogP contribution in [-0.2, 0) is 16.0 Å². The van der Waals surface area contributed by atoms with Gasteiger partial charge in [-0.3, -0.25) is 4.79 Å². The number of carbonyl (C=O) groups is 2. The Kier molecular flexibility index (Phi) is 11.8. The average molecular weight is 653 g/mol. The number of amides is 2. The van der Waals surface area contributed by atoms with Gasteiger partial charge in [-0.05, 0) is 113 Å². The molecule has 2 aliphatic heterocycles. The monoisotopic (exact) mass is 652 g/mol. The van der Waals surface area contributed by atoms with Crippen LogP contribution in [0.15, 0.2) is 42.5 Å². The summed E-state index contributed by atoms with van der Waals surface area (Å²) < 4.78 is 11.2. The highest BCUT2D eigenvalue weighted by Gasteiger charge is 2.33. The lowest BCUT2D eigenvalue weighted by molar-refractivity contribution is -0.134. The summed E-state index contributed by atoms with van der Waals surface area (Å²) in [4.78, 5) is 30.5. The number of benzene rings is 2. The second-order valence-electron chi connectivity index (χ2n) is 14.3. The molecule has 2 heterocycles. The van der Waals surface area contributed by atoms with Gasteiger partial charge in [-0.25, -0.2) is 4.79 Å². The van der Waals surface area contributed by atoms with E-state index >= 15 is 0 Å². The SMILES string of the molecule is COc1ccc(NC2CCN(C(=O)[C@@H](Cc3ccc(Cl)cc3)NC3CCN(C(=O)OC(C)(C)C)CC3)CC2)c(C2CCCCC2)c1. The van der Waals surface area contributed by atoms with Gasteiger partial charge in [0.15, 0.2) is 0 Å². The van der Waals surface area contributed by atoms with Gasteiger partial charge in [0.1, 0.15) is 11.4 Å². The molecule has 0 aromatic heterocycles. The van der Waals surface area contributed by atoms with E-state index in [2.05, 4.69) is 28.8 Å². The Labute approximate surface area is 280 Å². The zero-order valence-corrected chi connectivity index (χ0v) is 28.9. The molecule has 1 saturated carbocycles. The lowest BCUT2D eigenvalue weighted by Gasteiger charge is -2.38. The molecule has 8 nitrogen and oxygen atoms in total. The topological polar surface area (TPSA) is 83.1 Å². The Morgan fingerprint density at radius 3 is 2.13 bits per heavy atom. The molecule has 0 radical (unpaired) electrons. The molecule has 3 aliphatic rings. The molecule has 3 fully saturated rings. The Morgan fingerprint density at radius 1 is 0.870 bits per heavy atom. The molecule has 2 aromatic rings. The Balaban J connectivity index is 1.20. The average Bonchev–Trinajstić information content (AvgIpc) is 3.05. The summed E-state index contributed by atoms with van der Waals surface area (Å²) >= 11 is 6.16. The third-order valence-electron chi connectivity index (χ3n) is 9.70. The molecule has 2 amide bonds. The summed E-state index contributed by atoms with van der Waals surface area (Å²) in [5.41, 5.74) is 3.16. The van der Waals surface area contributed by atoms with Gasteiger partial charge >= 0.3 is 6.09 Å².